The lowest BCUT2D eigenvalue weighted by atomic mass is 10.0. The second-order valence-electron chi connectivity index (χ2n) is 9.70. The molecule has 0 bridgehead atoms. The Morgan fingerprint density at radius 2 is 1.87 bits per heavy atom. The first-order chi connectivity index (χ1) is 18.5. The minimum absolute atomic E-state index is 0.240. The zero-order chi connectivity index (χ0) is 26.3. The van der Waals surface area contributed by atoms with Crippen LogP contribution < -0.4 is 5.32 Å². The topological polar surface area (TPSA) is 87.0 Å². The highest BCUT2D eigenvalue weighted by Crippen LogP contribution is 2.20. The molecule has 194 valence electrons. The van der Waals surface area contributed by atoms with Gasteiger partial charge in [-0.25, -0.2) is 4.98 Å². The van der Waals surface area contributed by atoms with Gasteiger partial charge in [0.25, 0.3) is 5.91 Å². The number of benzene rings is 2. The normalized spacial score (nSPS) is 11.3. The average molecular weight is 508 g/mol. The third-order valence-corrected chi connectivity index (χ3v) is 6.81. The van der Waals surface area contributed by atoms with Crippen molar-refractivity contribution < 1.29 is 9.21 Å². The van der Waals surface area contributed by atoms with Crippen LogP contribution in [0, 0.1) is 13.8 Å². The summed E-state index contributed by atoms with van der Waals surface area (Å²) in [7, 11) is 0. The van der Waals surface area contributed by atoms with Gasteiger partial charge in [0, 0.05) is 55.0 Å². The average Bonchev–Trinajstić information content (AvgIpc) is 3.57. The number of rotatable bonds is 11. The van der Waals surface area contributed by atoms with E-state index in [4.69, 9.17) is 4.42 Å². The number of H-pyrrole nitrogens is 1. The number of amides is 1. The van der Waals surface area contributed by atoms with Gasteiger partial charge in [0.15, 0.2) is 5.69 Å². The van der Waals surface area contributed by atoms with Gasteiger partial charge in [-0.05, 0) is 55.2 Å². The number of nitrogens with one attached hydrogen (secondary N) is 2. The number of pyridine rings is 1. The summed E-state index contributed by atoms with van der Waals surface area (Å²) in [5.74, 6) is 0.292. The summed E-state index contributed by atoms with van der Waals surface area (Å²) < 4.78 is 5.75. The van der Waals surface area contributed by atoms with Crippen LogP contribution in [-0.4, -0.2) is 38.8 Å². The van der Waals surface area contributed by atoms with Gasteiger partial charge in [-0.2, -0.15) is 0 Å². The molecule has 0 aliphatic rings. The highest BCUT2D eigenvalue weighted by atomic mass is 16.3. The molecule has 3 aromatic heterocycles. The number of para-hydroxylation sites is 1. The molecule has 5 aromatic rings. The summed E-state index contributed by atoms with van der Waals surface area (Å²) in [5.41, 5.74) is 7.44. The van der Waals surface area contributed by atoms with Crippen LogP contribution in [0.15, 0.2) is 83.7 Å². The number of aryl methyl sites for hydroxylation is 2. The molecule has 7 nitrogen and oxygen atoms in total. The molecule has 38 heavy (non-hydrogen) atoms. The molecular weight excluding hydrogens is 474 g/mol. The third-order valence-electron chi connectivity index (χ3n) is 6.81. The Morgan fingerprint density at radius 3 is 2.74 bits per heavy atom. The molecule has 0 aliphatic heterocycles. The standard InChI is InChI=1S/C31H33N5O2/c1-22-10-11-23(2)25(17-22)19-36(16-13-24-18-34-28-9-4-3-8-27(24)28)20-30-35-29(21-38-30)31(37)33-15-12-26-7-5-6-14-32-26/h3-11,14,17-18,21,34H,12-13,15-16,19-20H2,1-2H3,(H,33,37). The molecule has 0 radical (unpaired) electrons. The maximum atomic E-state index is 12.6. The number of fused-ring (bicyclic) bond motifs is 1. The largest absolute Gasteiger partial charge is 0.447 e. The number of carbonyl (C=O) groups excluding carboxylic acids is 1. The Labute approximate surface area is 222 Å². The summed E-state index contributed by atoms with van der Waals surface area (Å²) >= 11 is 0. The third kappa shape index (κ3) is 6.36. The number of aromatic nitrogens is 3. The van der Waals surface area contributed by atoms with E-state index in [1.54, 1.807) is 6.20 Å². The molecule has 0 spiro atoms. The van der Waals surface area contributed by atoms with Crippen LogP contribution in [0.25, 0.3) is 10.9 Å². The van der Waals surface area contributed by atoms with Crippen LogP contribution in [-0.2, 0) is 25.9 Å². The molecular formula is C31H33N5O2. The lowest BCUT2D eigenvalue weighted by Gasteiger charge is -2.22. The van der Waals surface area contributed by atoms with Crippen molar-refractivity contribution in [2.75, 3.05) is 13.1 Å². The minimum atomic E-state index is -0.240. The van der Waals surface area contributed by atoms with E-state index in [0.29, 0.717) is 31.1 Å². The Kier molecular flexibility index (Phi) is 7.95. The van der Waals surface area contributed by atoms with Crippen molar-refractivity contribution in [1.82, 2.24) is 25.2 Å². The molecule has 2 N–H and O–H groups in total. The predicted octanol–water partition coefficient (Wildman–Crippen LogP) is 5.39. The molecule has 0 aliphatic carbocycles. The van der Waals surface area contributed by atoms with E-state index in [2.05, 4.69) is 81.6 Å². The molecule has 5 rings (SSSR count). The van der Waals surface area contributed by atoms with Crippen LogP contribution in [0.4, 0.5) is 0 Å². The Morgan fingerprint density at radius 1 is 1.00 bits per heavy atom. The van der Waals surface area contributed by atoms with Crippen molar-refractivity contribution >= 4 is 16.8 Å². The Hall–Kier alpha value is -4.23. The van der Waals surface area contributed by atoms with E-state index in [0.717, 1.165) is 30.7 Å². The van der Waals surface area contributed by atoms with E-state index in [1.807, 2.05) is 24.3 Å². The second-order valence-corrected chi connectivity index (χ2v) is 9.70. The summed E-state index contributed by atoms with van der Waals surface area (Å²) in [6.45, 7) is 6.85. The van der Waals surface area contributed by atoms with Gasteiger partial charge in [-0.1, -0.05) is 48.0 Å². The van der Waals surface area contributed by atoms with Crippen LogP contribution in [0.3, 0.4) is 0 Å². The van der Waals surface area contributed by atoms with Crippen molar-refractivity contribution in [2.24, 2.45) is 0 Å². The van der Waals surface area contributed by atoms with Crippen molar-refractivity contribution in [3.8, 4) is 0 Å². The molecule has 3 heterocycles. The van der Waals surface area contributed by atoms with E-state index in [9.17, 15) is 4.79 Å². The first-order valence-corrected chi connectivity index (χ1v) is 13.0. The number of hydrogen-bond acceptors (Lipinski definition) is 5. The van der Waals surface area contributed by atoms with E-state index in [-0.39, 0.29) is 5.91 Å². The summed E-state index contributed by atoms with van der Waals surface area (Å²) in [4.78, 5) is 27.1. The van der Waals surface area contributed by atoms with Gasteiger partial charge in [-0.15, -0.1) is 0 Å². The van der Waals surface area contributed by atoms with Crippen molar-refractivity contribution in [3.05, 3.63) is 119 Å². The van der Waals surface area contributed by atoms with E-state index in [1.165, 1.54) is 33.9 Å². The minimum Gasteiger partial charge on any atom is -0.447 e. The van der Waals surface area contributed by atoms with Gasteiger partial charge < -0.3 is 14.7 Å². The van der Waals surface area contributed by atoms with E-state index < -0.39 is 0 Å². The fourth-order valence-electron chi connectivity index (χ4n) is 4.66. The van der Waals surface area contributed by atoms with Crippen LogP contribution in [0.1, 0.15) is 44.3 Å². The number of hydrogen-bond donors (Lipinski definition) is 2. The van der Waals surface area contributed by atoms with Crippen molar-refractivity contribution in [3.63, 3.8) is 0 Å². The quantitative estimate of drug-likeness (QED) is 0.250. The predicted molar refractivity (Wildman–Crippen MR) is 149 cm³/mol. The zero-order valence-electron chi connectivity index (χ0n) is 21.9. The highest BCUT2D eigenvalue weighted by Gasteiger charge is 2.17. The molecule has 0 fully saturated rings. The summed E-state index contributed by atoms with van der Waals surface area (Å²) in [6, 6.07) is 20.7. The van der Waals surface area contributed by atoms with E-state index >= 15 is 0 Å². The Balaban J connectivity index is 1.26. The SMILES string of the molecule is Cc1ccc(C)c(CN(CCc2c[nH]c3ccccc23)Cc2nc(C(=O)NCCc3ccccn3)co2)c1. The number of aromatic amines is 1. The van der Waals surface area contributed by atoms with Crippen LogP contribution in [0.2, 0.25) is 0 Å². The molecule has 0 atom stereocenters. The maximum absolute atomic E-state index is 12.6. The highest BCUT2D eigenvalue weighted by molar-refractivity contribution is 5.91. The van der Waals surface area contributed by atoms with Gasteiger partial charge in [0.2, 0.25) is 5.89 Å². The fourth-order valence-corrected chi connectivity index (χ4v) is 4.66. The molecule has 0 unspecified atom stereocenters. The van der Waals surface area contributed by atoms with Gasteiger partial charge >= 0.3 is 0 Å². The van der Waals surface area contributed by atoms with Crippen molar-refractivity contribution in [1.29, 1.82) is 0 Å². The summed E-state index contributed by atoms with van der Waals surface area (Å²) in [6.07, 6.45) is 6.84. The summed E-state index contributed by atoms with van der Waals surface area (Å²) in [5, 5.41) is 4.16. The Bertz CT molecular complexity index is 1510. The first-order valence-electron chi connectivity index (χ1n) is 13.0. The van der Waals surface area contributed by atoms with Crippen LogP contribution in [0.5, 0.6) is 0 Å². The molecule has 1 amide bonds. The van der Waals surface area contributed by atoms with Gasteiger partial charge in [-0.3, -0.25) is 14.7 Å². The van der Waals surface area contributed by atoms with Gasteiger partial charge in [0.1, 0.15) is 6.26 Å². The molecule has 2 aromatic carbocycles. The number of oxazole rings is 1. The first kappa shape index (κ1) is 25.4. The molecule has 0 saturated carbocycles. The fraction of sp³-hybridized carbons (Fsp3) is 0.258. The number of carbonyl (C=O) groups is 1. The molecule has 7 heteroatoms. The lowest BCUT2D eigenvalue weighted by molar-refractivity contribution is 0.0949. The second kappa shape index (κ2) is 11.9. The molecule has 0 saturated heterocycles. The maximum Gasteiger partial charge on any atom is 0.273 e. The van der Waals surface area contributed by atoms with Gasteiger partial charge in [0.05, 0.1) is 6.54 Å². The zero-order valence-corrected chi connectivity index (χ0v) is 21.9. The monoisotopic (exact) mass is 507 g/mol. The lowest BCUT2D eigenvalue weighted by Crippen LogP contribution is -2.27. The number of nitrogens with zero attached hydrogens (tertiary/aromatic N) is 3. The van der Waals surface area contributed by atoms with Crippen LogP contribution >= 0.6 is 0 Å². The smallest absolute Gasteiger partial charge is 0.273 e. The van der Waals surface area contributed by atoms with Crippen molar-refractivity contribution in [2.45, 2.75) is 39.8 Å².